The van der Waals surface area contributed by atoms with Crippen LogP contribution in [0.25, 0.3) is 10.9 Å². The van der Waals surface area contributed by atoms with Crippen LogP contribution in [0, 0.1) is 27.9 Å². The van der Waals surface area contributed by atoms with E-state index in [2.05, 4.69) is 17.6 Å². The highest BCUT2D eigenvalue weighted by Gasteiger charge is 2.66. The average molecular weight is 855 g/mol. The molecule has 0 unspecified atom stereocenters. The van der Waals surface area contributed by atoms with Crippen LogP contribution in [-0.4, -0.2) is 81.9 Å². The fourth-order valence-electron chi connectivity index (χ4n) is 9.61. The van der Waals surface area contributed by atoms with Crippen LogP contribution in [0.3, 0.4) is 0 Å². The Kier molecular flexibility index (Phi) is 13.8. The molecule has 1 saturated carbocycles. The van der Waals surface area contributed by atoms with E-state index in [9.17, 15) is 25.4 Å². The molecule has 1 fully saturated rings. The summed E-state index contributed by atoms with van der Waals surface area (Å²) in [5.74, 6) is -2.30. The quantitative estimate of drug-likeness (QED) is 0.0340. The van der Waals surface area contributed by atoms with Crippen LogP contribution < -0.4 is 4.74 Å². The van der Waals surface area contributed by atoms with E-state index in [-0.39, 0.29) is 73.5 Å². The predicted octanol–water partition coefficient (Wildman–Crippen LogP) is 7.78. The Labute approximate surface area is 356 Å². The van der Waals surface area contributed by atoms with Crippen LogP contribution in [0.1, 0.15) is 75.3 Å². The van der Waals surface area contributed by atoms with Gasteiger partial charge >= 0.3 is 0 Å². The van der Waals surface area contributed by atoms with Crippen LogP contribution in [0.15, 0.2) is 113 Å². The van der Waals surface area contributed by atoms with Crippen molar-refractivity contribution in [1.29, 1.82) is 0 Å². The number of hydrogen-bond acceptors (Lipinski definition) is 12. The Balaban J connectivity index is 1.46. The number of non-ortho nitro benzene ring substituents is 1. The number of phenolic OH excluding ortho intramolecular Hbond substituents is 1. The lowest BCUT2D eigenvalue weighted by molar-refractivity contribution is -0.384. The maximum atomic E-state index is 15.4. The molecule has 0 saturated heterocycles. The predicted molar refractivity (Wildman–Crippen MR) is 230 cm³/mol. The van der Waals surface area contributed by atoms with Crippen molar-refractivity contribution in [2.75, 3.05) is 26.4 Å². The monoisotopic (exact) mass is 854 g/mol. The number of aromatic hydroxyl groups is 1. The van der Waals surface area contributed by atoms with Crippen LogP contribution in [0.2, 0.25) is 0 Å². The third-order valence-electron chi connectivity index (χ3n) is 12.2. The number of sulfonamides is 1. The second kappa shape index (κ2) is 19.2. The van der Waals surface area contributed by atoms with Crippen molar-refractivity contribution in [2.24, 2.45) is 22.9 Å². The summed E-state index contributed by atoms with van der Waals surface area (Å²) in [6.07, 6.45) is 9.95. The molecule has 15 heteroatoms. The van der Waals surface area contributed by atoms with Crippen molar-refractivity contribution < 1.29 is 43.0 Å². The van der Waals surface area contributed by atoms with E-state index in [0.717, 1.165) is 24.0 Å². The van der Waals surface area contributed by atoms with Crippen molar-refractivity contribution in [3.8, 4) is 11.5 Å². The first-order chi connectivity index (χ1) is 29.6. The zero-order chi connectivity index (χ0) is 43.1. The molecule has 6 atom stereocenters. The number of benzene rings is 3. The number of pyridine rings is 1. The minimum Gasteiger partial charge on any atom is -0.508 e. The molecular weight excluding hydrogens is 801 g/mol. The molecule has 4 aromatic rings. The van der Waals surface area contributed by atoms with Crippen LogP contribution >= 0.6 is 0 Å². The number of para-hydroxylation sites is 1. The Hall–Kier alpha value is -5.19. The molecule has 7 rings (SSSR count). The smallest absolute Gasteiger partial charge is 0.269 e. The fourth-order valence-corrected chi connectivity index (χ4v) is 11.5. The topological polar surface area (TPSA) is 194 Å². The largest absolute Gasteiger partial charge is 0.508 e. The highest BCUT2D eigenvalue weighted by Crippen LogP contribution is 2.62. The van der Waals surface area contributed by atoms with Gasteiger partial charge in [0.2, 0.25) is 15.8 Å². The highest BCUT2D eigenvalue weighted by atomic mass is 32.2. The fraction of sp³-hybridized carbons (Fsp3) is 0.435. The molecule has 1 aromatic heterocycles. The SMILES string of the molecule is C=CCO[C@@]12Oc3ccc(O)cc3[C@H]3[C@H](CCCCO)[C@@H](CCCCO)C=C(C(=NOCc4ccc([N+](=O)[O-])cc4)C[C@@H]1N(CCC)S(=O)(=O)c1cccc4cccnc14)[C@H]32. The number of nitro groups is 1. The highest BCUT2D eigenvalue weighted by molar-refractivity contribution is 7.89. The number of ether oxygens (including phenoxy) is 2. The molecular formula is C46H54N4O10S. The number of unbranched alkanes of at least 4 members (excludes halogenated alkanes) is 2. The zero-order valence-corrected chi connectivity index (χ0v) is 35.2. The van der Waals surface area contributed by atoms with E-state index in [4.69, 9.17) is 19.5 Å². The first-order valence-electron chi connectivity index (χ1n) is 21.1. The molecule has 0 radical (unpaired) electrons. The summed E-state index contributed by atoms with van der Waals surface area (Å²) in [7, 11) is -4.34. The normalized spacial score (nSPS) is 23.8. The second-order valence-corrected chi connectivity index (χ2v) is 17.8. The van der Waals surface area contributed by atoms with Gasteiger partial charge in [-0.1, -0.05) is 55.3 Å². The van der Waals surface area contributed by atoms with Crippen LogP contribution in [0.4, 0.5) is 5.69 Å². The Morgan fingerprint density at radius 3 is 2.52 bits per heavy atom. The van der Waals surface area contributed by atoms with Gasteiger partial charge in [0.1, 0.15) is 23.0 Å². The number of rotatable bonds is 20. The van der Waals surface area contributed by atoms with E-state index >= 15 is 8.42 Å². The van der Waals surface area contributed by atoms with Gasteiger partial charge < -0.3 is 29.6 Å². The van der Waals surface area contributed by atoms with Gasteiger partial charge in [0.15, 0.2) is 0 Å². The van der Waals surface area contributed by atoms with Gasteiger partial charge in [0, 0.05) is 61.4 Å². The molecule has 0 amide bonds. The lowest BCUT2D eigenvalue weighted by Crippen LogP contribution is -2.70. The summed E-state index contributed by atoms with van der Waals surface area (Å²) in [5.41, 5.74) is 2.96. The second-order valence-electron chi connectivity index (χ2n) is 15.9. The molecule has 1 aliphatic heterocycles. The van der Waals surface area contributed by atoms with E-state index < -0.39 is 32.7 Å². The molecule has 0 bridgehead atoms. The summed E-state index contributed by atoms with van der Waals surface area (Å²) in [6.45, 7) is 6.06. The molecule has 324 valence electrons. The average Bonchev–Trinajstić information content (AvgIpc) is 3.26. The minimum atomic E-state index is -4.34. The van der Waals surface area contributed by atoms with Gasteiger partial charge in [-0.3, -0.25) is 15.1 Å². The summed E-state index contributed by atoms with van der Waals surface area (Å²) in [5, 5.41) is 47.5. The number of aromatic nitrogens is 1. The summed E-state index contributed by atoms with van der Waals surface area (Å²) in [6, 6.07) is 18.7. The van der Waals surface area contributed by atoms with Crippen molar-refractivity contribution in [3.63, 3.8) is 0 Å². The number of oxime groups is 1. The van der Waals surface area contributed by atoms with Crippen LogP contribution in [-0.2, 0) is 26.2 Å². The first-order valence-corrected chi connectivity index (χ1v) is 22.5. The van der Waals surface area contributed by atoms with Crippen LogP contribution in [0.5, 0.6) is 11.5 Å². The molecule has 3 aliphatic rings. The van der Waals surface area contributed by atoms with Crippen molar-refractivity contribution in [1.82, 2.24) is 9.29 Å². The summed E-state index contributed by atoms with van der Waals surface area (Å²) < 4.78 is 46.5. The van der Waals surface area contributed by atoms with E-state index in [1.54, 1.807) is 60.8 Å². The number of fused-ring (bicyclic) bond motifs is 3. The number of aliphatic hydroxyl groups excluding tert-OH is 2. The van der Waals surface area contributed by atoms with Gasteiger partial charge in [-0.2, -0.15) is 4.31 Å². The van der Waals surface area contributed by atoms with E-state index in [1.165, 1.54) is 16.4 Å². The lowest BCUT2D eigenvalue weighted by Gasteiger charge is -2.59. The number of nitro benzene ring substituents is 1. The van der Waals surface area contributed by atoms with Gasteiger partial charge in [-0.05, 0) is 97.5 Å². The van der Waals surface area contributed by atoms with Gasteiger partial charge in [0.05, 0.1) is 34.7 Å². The standard InChI is InChI=1S/C46H54N4O10S/c1-3-23-49(61(56,57)41-15-9-12-32-13-10-22-47-45(32)41)42-29-39(48-59-30-31-16-18-34(19-17-31)50(54)55)37-27-33(11-5-7-24-51)36(14-6-8-25-52)43-38-28-35(53)20-21-40(38)60-46(42,44(37)43)58-26-4-2/h4,9-10,12-13,15-22,27-28,33,36,42-44,51-53H,2-3,5-8,11,14,23-26,29-30H2,1H3/t33-,36+,42-,43+,44+,46+/m0/s1. The molecule has 2 heterocycles. The maximum Gasteiger partial charge on any atom is 0.269 e. The number of phenols is 1. The number of allylic oxidation sites excluding steroid dienone is 1. The molecule has 61 heavy (non-hydrogen) atoms. The molecule has 3 N–H and O–H groups in total. The molecule has 14 nitrogen and oxygen atoms in total. The summed E-state index contributed by atoms with van der Waals surface area (Å²) in [4.78, 5) is 21.5. The number of aliphatic hydroxyl groups is 2. The molecule has 3 aromatic carbocycles. The van der Waals surface area contributed by atoms with Crippen molar-refractivity contribution in [2.45, 2.75) is 87.5 Å². The Morgan fingerprint density at radius 2 is 1.80 bits per heavy atom. The van der Waals surface area contributed by atoms with Gasteiger partial charge in [0.25, 0.3) is 5.69 Å². The van der Waals surface area contributed by atoms with E-state index in [0.29, 0.717) is 60.0 Å². The third-order valence-corrected chi connectivity index (χ3v) is 14.1. The summed E-state index contributed by atoms with van der Waals surface area (Å²) >= 11 is 0. The lowest BCUT2D eigenvalue weighted by atomic mass is 9.55. The van der Waals surface area contributed by atoms with Crippen molar-refractivity contribution in [3.05, 3.63) is 125 Å². The molecule has 2 aliphatic carbocycles. The Bertz CT molecular complexity index is 2370. The third kappa shape index (κ3) is 8.80. The minimum absolute atomic E-state index is 0.0127. The van der Waals surface area contributed by atoms with E-state index in [1.807, 2.05) is 19.1 Å². The number of hydrogen-bond donors (Lipinski definition) is 3. The van der Waals surface area contributed by atoms with Crippen molar-refractivity contribution >= 4 is 32.3 Å². The maximum absolute atomic E-state index is 15.4. The first kappa shape index (κ1) is 43.9. The number of nitrogens with zero attached hydrogens (tertiary/aromatic N) is 4. The Morgan fingerprint density at radius 1 is 1.05 bits per heavy atom. The molecule has 0 spiro atoms. The zero-order valence-electron chi connectivity index (χ0n) is 34.3. The van der Waals surface area contributed by atoms with Gasteiger partial charge in [-0.15, -0.1) is 6.58 Å². The van der Waals surface area contributed by atoms with Gasteiger partial charge in [-0.25, -0.2) is 8.42 Å².